The fourth-order valence-corrected chi connectivity index (χ4v) is 2.57. The Labute approximate surface area is 133 Å². The number of rotatable bonds is 8. The number of carboxylic acids is 1. The highest BCUT2D eigenvalue weighted by molar-refractivity contribution is 7.99. The first-order chi connectivity index (χ1) is 10.7. The summed E-state index contributed by atoms with van der Waals surface area (Å²) in [6, 6.07) is 10.6. The van der Waals surface area contributed by atoms with Gasteiger partial charge in [-0.2, -0.15) is 0 Å². The maximum absolute atomic E-state index is 11.1. The molecule has 0 unspecified atom stereocenters. The Morgan fingerprint density at radius 1 is 1.18 bits per heavy atom. The van der Waals surface area contributed by atoms with Crippen LogP contribution in [-0.2, 0) is 0 Å². The summed E-state index contributed by atoms with van der Waals surface area (Å²) in [5.74, 6) is 1.21. The molecule has 0 aliphatic carbocycles. The van der Waals surface area contributed by atoms with Crippen molar-refractivity contribution in [1.29, 1.82) is 0 Å². The van der Waals surface area contributed by atoms with Crippen molar-refractivity contribution in [2.45, 2.75) is 11.9 Å². The summed E-state index contributed by atoms with van der Waals surface area (Å²) < 4.78 is 11.0. The van der Waals surface area contributed by atoms with Crippen molar-refractivity contribution in [3.05, 3.63) is 48.2 Å². The first-order valence-corrected chi connectivity index (χ1v) is 7.86. The molecule has 1 N–H and O–H groups in total. The van der Waals surface area contributed by atoms with Gasteiger partial charge in [-0.05, 0) is 43.3 Å². The van der Waals surface area contributed by atoms with E-state index in [4.69, 9.17) is 14.6 Å². The van der Waals surface area contributed by atoms with Gasteiger partial charge in [0.2, 0.25) is 0 Å². The van der Waals surface area contributed by atoms with E-state index < -0.39 is 5.97 Å². The number of benzene rings is 1. The van der Waals surface area contributed by atoms with E-state index in [0.29, 0.717) is 24.0 Å². The molecule has 0 aliphatic rings. The number of aromatic carboxylic acids is 1. The second-order valence-corrected chi connectivity index (χ2v) is 5.35. The van der Waals surface area contributed by atoms with E-state index in [1.807, 2.05) is 31.2 Å². The maximum atomic E-state index is 11.1. The Bertz CT molecular complexity index is 616. The largest absolute Gasteiger partial charge is 0.494 e. The van der Waals surface area contributed by atoms with Crippen molar-refractivity contribution in [1.82, 2.24) is 4.98 Å². The summed E-state index contributed by atoms with van der Waals surface area (Å²) >= 11 is 1.36. The second kappa shape index (κ2) is 8.29. The average molecular weight is 319 g/mol. The highest BCUT2D eigenvalue weighted by Crippen LogP contribution is 2.21. The number of ether oxygens (including phenoxy) is 2. The number of carbonyl (C=O) groups is 1. The van der Waals surface area contributed by atoms with Crippen molar-refractivity contribution >= 4 is 17.7 Å². The molecular weight excluding hydrogens is 302 g/mol. The van der Waals surface area contributed by atoms with Crippen molar-refractivity contribution in [3.63, 3.8) is 0 Å². The number of aromatic nitrogens is 1. The van der Waals surface area contributed by atoms with Gasteiger partial charge in [0.15, 0.2) is 0 Å². The van der Waals surface area contributed by atoms with Crippen LogP contribution in [0.25, 0.3) is 0 Å². The van der Waals surface area contributed by atoms with Gasteiger partial charge in [-0.1, -0.05) is 0 Å². The van der Waals surface area contributed by atoms with Gasteiger partial charge in [-0.3, -0.25) is 0 Å². The van der Waals surface area contributed by atoms with Crippen LogP contribution in [0, 0.1) is 0 Å². The molecule has 2 rings (SSSR count). The van der Waals surface area contributed by atoms with E-state index in [2.05, 4.69) is 4.98 Å². The van der Waals surface area contributed by atoms with E-state index in [-0.39, 0.29) is 5.56 Å². The Morgan fingerprint density at radius 2 is 1.86 bits per heavy atom. The predicted octanol–water partition coefficient (Wildman–Crippen LogP) is 3.35. The summed E-state index contributed by atoms with van der Waals surface area (Å²) in [7, 11) is 0. The molecule has 1 heterocycles. The number of hydrogen-bond acceptors (Lipinski definition) is 5. The zero-order valence-corrected chi connectivity index (χ0v) is 13.0. The number of hydrogen-bond donors (Lipinski definition) is 1. The van der Waals surface area contributed by atoms with Crippen LogP contribution >= 0.6 is 11.8 Å². The van der Waals surface area contributed by atoms with Crippen LogP contribution in [0.2, 0.25) is 0 Å². The molecule has 6 heteroatoms. The smallest absolute Gasteiger partial charge is 0.338 e. The first kappa shape index (κ1) is 16.2. The van der Waals surface area contributed by atoms with Gasteiger partial charge in [0.1, 0.15) is 16.5 Å². The van der Waals surface area contributed by atoms with Gasteiger partial charge in [0, 0.05) is 11.9 Å². The van der Waals surface area contributed by atoms with Gasteiger partial charge >= 0.3 is 5.97 Å². The van der Waals surface area contributed by atoms with E-state index in [0.717, 1.165) is 11.5 Å². The number of nitrogens with zero attached hydrogens (tertiary/aromatic N) is 1. The van der Waals surface area contributed by atoms with Crippen molar-refractivity contribution < 1.29 is 19.4 Å². The third kappa shape index (κ3) is 4.66. The highest BCUT2D eigenvalue weighted by atomic mass is 32.2. The second-order valence-electron chi connectivity index (χ2n) is 4.26. The van der Waals surface area contributed by atoms with Crippen molar-refractivity contribution in [2.24, 2.45) is 0 Å². The van der Waals surface area contributed by atoms with Crippen LogP contribution in [0.3, 0.4) is 0 Å². The quantitative estimate of drug-likeness (QED) is 0.594. The lowest BCUT2D eigenvalue weighted by Crippen LogP contribution is -2.04. The molecule has 0 bridgehead atoms. The Kier molecular flexibility index (Phi) is 6.09. The molecular formula is C16H17NO4S. The molecule has 0 spiro atoms. The van der Waals surface area contributed by atoms with Crippen LogP contribution in [-0.4, -0.2) is 35.0 Å². The summed E-state index contributed by atoms with van der Waals surface area (Å²) in [5.41, 5.74) is 0.216. The Morgan fingerprint density at radius 3 is 2.50 bits per heavy atom. The van der Waals surface area contributed by atoms with Crippen LogP contribution in [0.5, 0.6) is 11.5 Å². The lowest BCUT2D eigenvalue weighted by Gasteiger charge is -2.08. The zero-order chi connectivity index (χ0) is 15.8. The maximum Gasteiger partial charge on any atom is 0.338 e. The third-order valence-corrected chi connectivity index (χ3v) is 3.70. The molecule has 5 nitrogen and oxygen atoms in total. The molecule has 0 radical (unpaired) electrons. The molecule has 2 aromatic rings. The standard InChI is InChI=1S/C16H17NO4S/c1-2-20-12-5-7-13(8-6-12)21-10-11-22-15-14(16(18)19)4-3-9-17-15/h3-9H,2,10-11H2,1H3,(H,18,19). The SMILES string of the molecule is CCOc1ccc(OCCSc2ncccc2C(=O)O)cc1. The van der Waals surface area contributed by atoms with Gasteiger partial charge in [0.25, 0.3) is 0 Å². The lowest BCUT2D eigenvalue weighted by atomic mass is 10.3. The van der Waals surface area contributed by atoms with Gasteiger partial charge in [-0.15, -0.1) is 11.8 Å². The summed E-state index contributed by atoms with van der Waals surface area (Å²) in [6.45, 7) is 3.03. The molecule has 22 heavy (non-hydrogen) atoms. The fraction of sp³-hybridized carbons (Fsp3) is 0.250. The molecule has 1 aromatic carbocycles. The lowest BCUT2D eigenvalue weighted by molar-refractivity contribution is 0.0692. The van der Waals surface area contributed by atoms with Crippen molar-refractivity contribution in [3.8, 4) is 11.5 Å². The number of carboxylic acid groups (broad SMARTS) is 1. The van der Waals surface area contributed by atoms with Crippen molar-refractivity contribution in [2.75, 3.05) is 19.0 Å². The molecule has 0 saturated heterocycles. The minimum atomic E-state index is -0.969. The first-order valence-electron chi connectivity index (χ1n) is 6.87. The zero-order valence-electron chi connectivity index (χ0n) is 12.2. The minimum Gasteiger partial charge on any atom is -0.494 e. The fourth-order valence-electron chi connectivity index (χ4n) is 1.77. The number of thioether (sulfide) groups is 1. The van der Waals surface area contributed by atoms with Crippen LogP contribution in [0.1, 0.15) is 17.3 Å². The molecule has 0 fully saturated rings. The average Bonchev–Trinajstić information content (AvgIpc) is 2.53. The van der Waals surface area contributed by atoms with Gasteiger partial charge < -0.3 is 14.6 Å². The Hall–Kier alpha value is -2.21. The topological polar surface area (TPSA) is 68.7 Å². The van der Waals surface area contributed by atoms with E-state index in [1.54, 1.807) is 18.3 Å². The number of pyridine rings is 1. The predicted molar refractivity (Wildman–Crippen MR) is 85.0 cm³/mol. The van der Waals surface area contributed by atoms with Crippen LogP contribution < -0.4 is 9.47 Å². The molecule has 0 atom stereocenters. The van der Waals surface area contributed by atoms with Gasteiger partial charge in [-0.25, -0.2) is 9.78 Å². The van der Waals surface area contributed by atoms with Gasteiger partial charge in [0.05, 0.1) is 18.8 Å². The third-order valence-electron chi connectivity index (χ3n) is 2.73. The summed E-state index contributed by atoms with van der Waals surface area (Å²) in [6.07, 6.45) is 1.59. The van der Waals surface area contributed by atoms with E-state index >= 15 is 0 Å². The minimum absolute atomic E-state index is 0.216. The summed E-state index contributed by atoms with van der Waals surface area (Å²) in [4.78, 5) is 15.2. The molecule has 0 amide bonds. The monoisotopic (exact) mass is 319 g/mol. The normalized spacial score (nSPS) is 10.2. The molecule has 0 saturated carbocycles. The molecule has 0 aliphatic heterocycles. The highest BCUT2D eigenvalue weighted by Gasteiger charge is 2.10. The molecule has 116 valence electrons. The van der Waals surface area contributed by atoms with Crippen LogP contribution in [0.4, 0.5) is 0 Å². The molecule has 1 aromatic heterocycles. The Balaban J connectivity index is 1.81. The van der Waals surface area contributed by atoms with Crippen LogP contribution in [0.15, 0.2) is 47.6 Å². The van der Waals surface area contributed by atoms with E-state index in [1.165, 1.54) is 11.8 Å². The van der Waals surface area contributed by atoms with E-state index in [9.17, 15) is 4.79 Å². The summed E-state index contributed by atoms with van der Waals surface area (Å²) in [5, 5.41) is 9.58.